The summed E-state index contributed by atoms with van der Waals surface area (Å²) in [7, 11) is 1.78. The molecule has 1 aromatic heterocycles. The van der Waals surface area contributed by atoms with Crippen molar-refractivity contribution in [3.63, 3.8) is 0 Å². The van der Waals surface area contributed by atoms with E-state index in [1.165, 1.54) is 0 Å². The summed E-state index contributed by atoms with van der Waals surface area (Å²) in [6.07, 6.45) is 2.95. The van der Waals surface area contributed by atoms with Gasteiger partial charge in [0.15, 0.2) is 5.78 Å². The number of rotatable bonds is 4. The Balaban J connectivity index is 2.76. The minimum absolute atomic E-state index is 0.128. The molecule has 0 aliphatic heterocycles. The Bertz CT molecular complexity index is 284. The van der Waals surface area contributed by atoms with Crippen molar-refractivity contribution < 1.29 is 4.79 Å². The molecule has 0 aromatic carbocycles. The Labute approximate surface area is 77.7 Å². The molecule has 4 heteroatoms. The molecule has 0 saturated carbocycles. The standard InChI is InChI=1S/C9H15N3O/c1-7-6-11-12(2)9(7)8(13)4-3-5-10/h6H,3-5,10H2,1-2H3. The minimum Gasteiger partial charge on any atom is -0.330 e. The van der Waals surface area contributed by atoms with Gasteiger partial charge in [0.05, 0.1) is 6.20 Å². The van der Waals surface area contributed by atoms with Crippen LogP contribution in [0.5, 0.6) is 0 Å². The first kappa shape index (κ1) is 9.92. The molecule has 13 heavy (non-hydrogen) atoms. The van der Waals surface area contributed by atoms with Crippen LogP contribution in [0.2, 0.25) is 0 Å². The Hall–Kier alpha value is -1.16. The number of aryl methyl sites for hydroxylation is 2. The third-order valence-electron chi connectivity index (χ3n) is 1.99. The van der Waals surface area contributed by atoms with E-state index in [0.717, 1.165) is 12.0 Å². The second kappa shape index (κ2) is 4.18. The molecule has 0 spiro atoms. The fourth-order valence-electron chi connectivity index (χ4n) is 1.33. The monoisotopic (exact) mass is 181 g/mol. The average molecular weight is 181 g/mol. The zero-order valence-electron chi connectivity index (χ0n) is 8.08. The number of nitrogens with zero attached hydrogens (tertiary/aromatic N) is 2. The van der Waals surface area contributed by atoms with Gasteiger partial charge in [-0.25, -0.2) is 0 Å². The fraction of sp³-hybridized carbons (Fsp3) is 0.556. The summed E-state index contributed by atoms with van der Waals surface area (Å²) in [4.78, 5) is 11.6. The van der Waals surface area contributed by atoms with Crippen molar-refractivity contribution >= 4 is 5.78 Å². The number of aromatic nitrogens is 2. The van der Waals surface area contributed by atoms with Crippen LogP contribution in [0.1, 0.15) is 28.9 Å². The second-order valence-corrected chi connectivity index (χ2v) is 3.12. The van der Waals surface area contributed by atoms with E-state index < -0.39 is 0 Å². The van der Waals surface area contributed by atoms with Gasteiger partial charge in [0.25, 0.3) is 0 Å². The predicted molar refractivity (Wildman–Crippen MR) is 50.6 cm³/mol. The highest BCUT2D eigenvalue weighted by Gasteiger charge is 2.12. The van der Waals surface area contributed by atoms with Crippen LogP contribution in [0.3, 0.4) is 0 Å². The van der Waals surface area contributed by atoms with Crippen molar-refractivity contribution in [1.82, 2.24) is 9.78 Å². The lowest BCUT2D eigenvalue weighted by atomic mass is 10.1. The number of hydrogen-bond donors (Lipinski definition) is 1. The van der Waals surface area contributed by atoms with E-state index in [0.29, 0.717) is 18.7 Å². The molecule has 0 bridgehead atoms. The fourth-order valence-corrected chi connectivity index (χ4v) is 1.33. The molecular weight excluding hydrogens is 166 g/mol. The van der Waals surface area contributed by atoms with Crippen LogP contribution >= 0.6 is 0 Å². The van der Waals surface area contributed by atoms with E-state index in [4.69, 9.17) is 5.73 Å². The highest BCUT2D eigenvalue weighted by molar-refractivity contribution is 5.95. The molecule has 0 radical (unpaired) electrons. The van der Waals surface area contributed by atoms with Gasteiger partial charge in [-0.15, -0.1) is 0 Å². The zero-order chi connectivity index (χ0) is 9.84. The maximum atomic E-state index is 11.6. The molecule has 0 fully saturated rings. The van der Waals surface area contributed by atoms with Gasteiger partial charge in [-0.1, -0.05) is 0 Å². The van der Waals surface area contributed by atoms with E-state index >= 15 is 0 Å². The zero-order valence-corrected chi connectivity index (χ0v) is 8.08. The van der Waals surface area contributed by atoms with Gasteiger partial charge >= 0.3 is 0 Å². The summed E-state index contributed by atoms with van der Waals surface area (Å²) in [5.41, 5.74) is 6.97. The topological polar surface area (TPSA) is 60.9 Å². The molecule has 0 saturated heterocycles. The number of carbonyl (C=O) groups excluding carboxylic acids is 1. The van der Waals surface area contributed by atoms with Crippen molar-refractivity contribution in [3.8, 4) is 0 Å². The van der Waals surface area contributed by atoms with Gasteiger partial charge in [-0.3, -0.25) is 9.48 Å². The Morgan fingerprint density at radius 3 is 2.85 bits per heavy atom. The molecule has 4 nitrogen and oxygen atoms in total. The maximum Gasteiger partial charge on any atom is 0.181 e. The molecule has 0 unspecified atom stereocenters. The molecule has 0 aliphatic rings. The normalized spacial score (nSPS) is 10.4. The third-order valence-corrected chi connectivity index (χ3v) is 1.99. The second-order valence-electron chi connectivity index (χ2n) is 3.12. The molecule has 1 rings (SSSR count). The molecule has 0 amide bonds. The van der Waals surface area contributed by atoms with Gasteiger partial charge in [-0.2, -0.15) is 5.10 Å². The third kappa shape index (κ3) is 2.15. The van der Waals surface area contributed by atoms with Crippen LogP contribution in [0.15, 0.2) is 6.20 Å². The van der Waals surface area contributed by atoms with Gasteiger partial charge in [-0.05, 0) is 25.5 Å². The van der Waals surface area contributed by atoms with Crippen molar-refractivity contribution in [3.05, 3.63) is 17.5 Å². The van der Waals surface area contributed by atoms with Crippen LogP contribution in [0.4, 0.5) is 0 Å². The average Bonchev–Trinajstić information content (AvgIpc) is 2.42. The number of hydrogen-bond acceptors (Lipinski definition) is 3. The molecule has 0 aliphatic carbocycles. The lowest BCUT2D eigenvalue weighted by molar-refractivity contribution is 0.0971. The minimum atomic E-state index is 0.128. The quantitative estimate of drug-likeness (QED) is 0.694. The van der Waals surface area contributed by atoms with Crippen LogP contribution in [0, 0.1) is 6.92 Å². The maximum absolute atomic E-state index is 11.6. The van der Waals surface area contributed by atoms with Crippen LogP contribution in [0.25, 0.3) is 0 Å². The lowest BCUT2D eigenvalue weighted by Gasteiger charge is -2.01. The van der Waals surface area contributed by atoms with Gasteiger partial charge < -0.3 is 5.73 Å². The lowest BCUT2D eigenvalue weighted by Crippen LogP contribution is -2.10. The van der Waals surface area contributed by atoms with Crippen molar-refractivity contribution in [2.24, 2.45) is 12.8 Å². The molecule has 1 aromatic rings. The molecule has 72 valence electrons. The largest absolute Gasteiger partial charge is 0.330 e. The Morgan fingerprint density at radius 1 is 1.69 bits per heavy atom. The summed E-state index contributed by atoms with van der Waals surface area (Å²) < 4.78 is 1.62. The first-order valence-corrected chi connectivity index (χ1v) is 4.38. The number of nitrogens with two attached hydrogens (primary N) is 1. The first-order valence-electron chi connectivity index (χ1n) is 4.38. The first-order chi connectivity index (χ1) is 6.16. The van der Waals surface area contributed by atoms with Crippen LogP contribution in [-0.2, 0) is 7.05 Å². The highest BCUT2D eigenvalue weighted by atomic mass is 16.1. The van der Waals surface area contributed by atoms with E-state index in [2.05, 4.69) is 5.10 Å². The van der Waals surface area contributed by atoms with Crippen molar-refractivity contribution in [1.29, 1.82) is 0 Å². The molecule has 1 heterocycles. The van der Waals surface area contributed by atoms with E-state index in [1.54, 1.807) is 17.9 Å². The highest BCUT2D eigenvalue weighted by Crippen LogP contribution is 2.09. The summed E-state index contributed by atoms with van der Waals surface area (Å²) in [6, 6.07) is 0. The van der Waals surface area contributed by atoms with Crippen LogP contribution < -0.4 is 5.73 Å². The SMILES string of the molecule is Cc1cnn(C)c1C(=O)CCCN. The Morgan fingerprint density at radius 2 is 2.38 bits per heavy atom. The van der Waals surface area contributed by atoms with Gasteiger partial charge in [0.2, 0.25) is 0 Å². The van der Waals surface area contributed by atoms with Gasteiger partial charge in [0, 0.05) is 13.5 Å². The number of carbonyl (C=O) groups is 1. The number of Topliss-reactive ketones (excluding diaryl/α,β-unsaturated/α-hetero) is 1. The molecular formula is C9H15N3O. The summed E-state index contributed by atoms with van der Waals surface area (Å²) in [5.74, 6) is 0.128. The summed E-state index contributed by atoms with van der Waals surface area (Å²) >= 11 is 0. The summed E-state index contributed by atoms with van der Waals surface area (Å²) in [6.45, 7) is 2.45. The van der Waals surface area contributed by atoms with E-state index in [-0.39, 0.29) is 5.78 Å². The van der Waals surface area contributed by atoms with Crippen molar-refractivity contribution in [2.75, 3.05) is 6.54 Å². The van der Waals surface area contributed by atoms with Crippen molar-refractivity contribution in [2.45, 2.75) is 19.8 Å². The van der Waals surface area contributed by atoms with E-state index in [1.807, 2.05) is 6.92 Å². The van der Waals surface area contributed by atoms with Crippen LogP contribution in [-0.4, -0.2) is 22.1 Å². The van der Waals surface area contributed by atoms with E-state index in [9.17, 15) is 4.79 Å². The molecule has 2 N–H and O–H groups in total. The predicted octanol–water partition coefficient (Wildman–Crippen LogP) is 0.650. The molecule has 0 atom stereocenters. The van der Waals surface area contributed by atoms with Gasteiger partial charge in [0.1, 0.15) is 5.69 Å². The smallest absolute Gasteiger partial charge is 0.181 e. The number of ketones is 1. The Kier molecular flexibility index (Phi) is 3.19. The summed E-state index contributed by atoms with van der Waals surface area (Å²) in [5, 5.41) is 4.01.